The maximum atomic E-state index is 13.4. The van der Waals surface area contributed by atoms with E-state index in [1.54, 1.807) is 32.0 Å². The molecule has 0 amide bonds. The predicted octanol–water partition coefficient (Wildman–Crippen LogP) is 2.63. The van der Waals surface area contributed by atoms with Gasteiger partial charge in [0.25, 0.3) is 0 Å². The molecule has 0 aliphatic rings. The minimum Gasteiger partial charge on any atom is -0.357 e. The van der Waals surface area contributed by atoms with Gasteiger partial charge in [0.2, 0.25) is 0 Å². The number of benzene rings is 1. The molecule has 2 aromatic rings. The Labute approximate surface area is 99.6 Å². The van der Waals surface area contributed by atoms with Crippen LogP contribution >= 0.6 is 0 Å². The van der Waals surface area contributed by atoms with Crippen LogP contribution in [0.3, 0.4) is 0 Å². The van der Waals surface area contributed by atoms with Crippen LogP contribution in [0.4, 0.5) is 4.39 Å². The second-order valence-electron chi connectivity index (χ2n) is 4.35. The Bertz CT molecular complexity index is 644. The maximum Gasteiger partial charge on any atom is 0.158 e. The van der Waals surface area contributed by atoms with Crippen molar-refractivity contribution in [2.24, 2.45) is 0 Å². The highest BCUT2D eigenvalue weighted by Gasteiger charge is 2.18. The average molecular weight is 255 g/mol. The fourth-order valence-corrected chi connectivity index (χ4v) is 2.56. The van der Waals surface area contributed by atoms with E-state index in [9.17, 15) is 12.8 Å². The molecule has 0 unspecified atom stereocenters. The van der Waals surface area contributed by atoms with Crippen LogP contribution < -0.4 is 0 Å². The normalized spacial score (nSPS) is 12.5. The van der Waals surface area contributed by atoms with Crippen molar-refractivity contribution >= 4 is 20.7 Å². The largest absolute Gasteiger partial charge is 0.357 e. The summed E-state index contributed by atoms with van der Waals surface area (Å²) in [5.41, 5.74) is 1.15. The van der Waals surface area contributed by atoms with E-state index in [1.807, 2.05) is 0 Å². The Morgan fingerprint density at radius 3 is 2.65 bits per heavy atom. The van der Waals surface area contributed by atoms with E-state index in [0.29, 0.717) is 16.6 Å². The number of H-pyrrole nitrogens is 1. The molecular formula is C12H14FNO2S. The summed E-state index contributed by atoms with van der Waals surface area (Å²) >= 11 is 0. The lowest BCUT2D eigenvalue weighted by atomic mass is 10.2. The van der Waals surface area contributed by atoms with E-state index in [4.69, 9.17) is 0 Å². The third-order valence-electron chi connectivity index (χ3n) is 2.74. The van der Waals surface area contributed by atoms with Gasteiger partial charge in [-0.3, -0.25) is 0 Å². The first-order valence-electron chi connectivity index (χ1n) is 5.38. The summed E-state index contributed by atoms with van der Waals surface area (Å²) in [6.07, 6.45) is 0. The van der Waals surface area contributed by atoms with E-state index in [1.165, 1.54) is 6.07 Å². The number of fused-ring (bicyclic) bond motifs is 1. The van der Waals surface area contributed by atoms with Crippen molar-refractivity contribution in [1.82, 2.24) is 4.98 Å². The van der Waals surface area contributed by atoms with E-state index in [-0.39, 0.29) is 11.6 Å². The minimum absolute atomic E-state index is 0.0845. The van der Waals surface area contributed by atoms with Gasteiger partial charge < -0.3 is 4.98 Å². The number of hydrogen-bond donors (Lipinski definition) is 1. The highest BCUT2D eigenvalue weighted by Crippen LogP contribution is 2.20. The van der Waals surface area contributed by atoms with Gasteiger partial charge in [-0.05, 0) is 32.0 Å². The van der Waals surface area contributed by atoms with Crippen molar-refractivity contribution in [1.29, 1.82) is 0 Å². The van der Waals surface area contributed by atoms with Crippen LogP contribution in [-0.4, -0.2) is 18.7 Å². The van der Waals surface area contributed by atoms with Gasteiger partial charge in [0, 0.05) is 16.6 Å². The van der Waals surface area contributed by atoms with Gasteiger partial charge in [-0.15, -0.1) is 0 Å². The van der Waals surface area contributed by atoms with Crippen LogP contribution in [0.15, 0.2) is 24.3 Å². The monoisotopic (exact) mass is 255 g/mol. The van der Waals surface area contributed by atoms with Gasteiger partial charge in [-0.25, -0.2) is 12.8 Å². The Hall–Kier alpha value is -1.36. The molecule has 0 atom stereocenters. The van der Waals surface area contributed by atoms with Crippen LogP contribution in [0.5, 0.6) is 0 Å². The predicted molar refractivity (Wildman–Crippen MR) is 66.0 cm³/mol. The van der Waals surface area contributed by atoms with Crippen molar-refractivity contribution in [3.05, 3.63) is 35.8 Å². The van der Waals surface area contributed by atoms with Crippen LogP contribution in [0.1, 0.15) is 19.5 Å². The Morgan fingerprint density at radius 1 is 1.35 bits per heavy atom. The highest BCUT2D eigenvalue weighted by molar-refractivity contribution is 7.91. The molecule has 5 heteroatoms. The van der Waals surface area contributed by atoms with E-state index in [2.05, 4.69) is 4.98 Å². The first-order chi connectivity index (χ1) is 7.90. The van der Waals surface area contributed by atoms with E-state index >= 15 is 0 Å². The molecule has 0 saturated carbocycles. The molecule has 1 aromatic heterocycles. The Morgan fingerprint density at radius 2 is 2.06 bits per heavy atom. The van der Waals surface area contributed by atoms with Crippen molar-refractivity contribution in [2.45, 2.75) is 24.9 Å². The van der Waals surface area contributed by atoms with Crippen molar-refractivity contribution in [2.75, 3.05) is 0 Å². The molecule has 3 nitrogen and oxygen atoms in total. The van der Waals surface area contributed by atoms with Gasteiger partial charge in [0.15, 0.2) is 9.84 Å². The summed E-state index contributed by atoms with van der Waals surface area (Å²) in [6, 6.07) is 6.24. The number of sulfone groups is 1. The number of halogens is 1. The smallest absolute Gasteiger partial charge is 0.158 e. The zero-order valence-electron chi connectivity index (χ0n) is 9.70. The summed E-state index contributed by atoms with van der Waals surface area (Å²) in [5, 5.41) is 0.000199. The summed E-state index contributed by atoms with van der Waals surface area (Å²) < 4.78 is 36.9. The van der Waals surface area contributed by atoms with Crippen LogP contribution in [0.2, 0.25) is 0 Å². The maximum absolute atomic E-state index is 13.4. The van der Waals surface area contributed by atoms with Gasteiger partial charge in [-0.2, -0.15) is 0 Å². The zero-order chi connectivity index (χ0) is 12.6. The van der Waals surface area contributed by atoms with Gasteiger partial charge in [-0.1, -0.05) is 6.07 Å². The summed E-state index contributed by atoms with van der Waals surface area (Å²) in [7, 11) is -3.17. The third-order valence-corrected chi connectivity index (χ3v) is 4.89. The molecule has 92 valence electrons. The molecule has 0 spiro atoms. The topological polar surface area (TPSA) is 49.9 Å². The van der Waals surface area contributed by atoms with Gasteiger partial charge >= 0.3 is 0 Å². The lowest BCUT2D eigenvalue weighted by Gasteiger charge is -2.05. The molecule has 0 aliphatic carbocycles. The number of rotatable bonds is 3. The number of hydrogen-bond acceptors (Lipinski definition) is 2. The summed E-state index contributed by atoms with van der Waals surface area (Å²) in [6.45, 7) is 3.27. The molecule has 0 aliphatic heterocycles. The van der Waals surface area contributed by atoms with Gasteiger partial charge in [0.1, 0.15) is 5.82 Å². The summed E-state index contributed by atoms with van der Waals surface area (Å²) in [4.78, 5) is 2.93. The van der Waals surface area contributed by atoms with E-state index in [0.717, 1.165) is 0 Å². The number of nitrogens with one attached hydrogen (secondary N) is 1. The van der Waals surface area contributed by atoms with E-state index < -0.39 is 15.1 Å². The van der Waals surface area contributed by atoms with Crippen LogP contribution in [0.25, 0.3) is 10.9 Å². The Kier molecular flexibility index (Phi) is 2.95. The molecule has 0 bridgehead atoms. The molecule has 17 heavy (non-hydrogen) atoms. The molecular weight excluding hydrogens is 241 g/mol. The molecule has 1 aromatic carbocycles. The fraction of sp³-hybridized carbons (Fsp3) is 0.333. The van der Waals surface area contributed by atoms with Crippen molar-refractivity contribution in [3.8, 4) is 0 Å². The Balaban J connectivity index is 2.42. The summed E-state index contributed by atoms with van der Waals surface area (Å²) in [5.74, 6) is -0.425. The molecule has 1 heterocycles. The second-order valence-corrected chi connectivity index (χ2v) is 6.91. The molecule has 2 rings (SSSR count). The molecule has 0 radical (unpaired) electrons. The quantitative estimate of drug-likeness (QED) is 0.916. The standard InChI is InChI=1S/C12H14FNO2S/c1-8(2)17(15,16)7-9-6-10-11(13)4-3-5-12(10)14-9/h3-6,8,14H,7H2,1-2H3. The van der Waals surface area contributed by atoms with Crippen LogP contribution in [0, 0.1) is 5.82 Å². The first-order valence-corrected chi connectivity index (χ1v) is 7.09. The molecule has 0 fully saturated rings. The number of aromatic amines is 1. The average Bonchev–Trinajstić information content (AvgIpc) is 2.60. The van der Waals surface area contributed by atoms with Crippen molar-refractivity contribution < 1.29 is 12.8 Å². The lowest BCUT2D eigenvalue weighted by Crippen LogP contribution is -2.16. The fourth-order valence-electron chi connectivity index (χ4n) is 1.64. The molecule has 0 saturated heterocycles. The minimum atomic E-state index is -3.17. The third kappa shape index (κ3) is 2.34. The first kappa shape index (κ1) is 12.1. The lowest BCUT2D eigenvalue weighted by molar-refractivity contribution is 0.586. The SMILES string of the molecule is CC(C)S(=O)(=O)Cc1cc2c(F)cccc2[nH]1. The van der Waals surface area contributed by atoms with Crippen molar-refractivity contribution in [3.63, 3.8) is 0 Å². The highest BCUT2D eigenvalue weighted by atomic mass is 32.2. The zero-order valence-corrected chi connectivity index (χ0v) is 10.5. The molecule has 1 N–H and O–H groups in total. The second kappa shape index (κ2) is 4.14. The number of aromatic nitrogens is 1. The van der Waals surface area contributed by atoms with Gasteiger partial charge in [0.05, 0.1) is 11.0 Å². The van der Waals surface area contributed by atoms with Crippen LogP contribution in [-0.2, 0) is 15.6 Å².